The Hall–Kier alpha value is -3.94. The molecule has 0 aliphatic carbocycles. The molecule has 0 spiro atoms. The molecule has 0 saturated heterocycles. The number of nitrogens with zero attached hydrogens (tertiary/aromatic N) is 3. The number of aromatic nitrogens is 4. The summed E-state index contributed by atoms with van der Waals surface area (Å²) in [6.07, 6.45) is 6.10. The molecule has 0 saturated carbocycles. The Balaban J connectivity index is 1.34. The highest BCUT2D eigenvalue weighted by molar-refractivity contribution is 6.07. The minimum atomic E-state index is -0.218. The molecule has 0 bridgehead atoms. The third-order valence-corrected chi connectivity index (χ3v) is 5.98. The highest BCUT2D eigenvalue weighted by Crippen LogP contribution is 2.37. The number of aromatic amines is 1. The fourth-order valence-corrected chi connectivity index (χ4v) is 4.17. The van der Waals surface area contributed by atoms with Crippen LogP contribution in [0.5, 0.6) is 0 Å². The molecule has 32 heavy (non-hydrogen) atoms. The largest absolute Gasteiger partial charge is 0.385 e. The van der Waals surface area contributed by atoms with Crippen molar-refractivity contribution < 1.29 is 4.79 Å². The number of pyridine rings is 1. The van der Waals surface area contributed by atoms with E-state index in [4.69, 9.17) is 0 Å². The van der Waals surface area contributed by atoms with Crippen LogP contribution in [0.15, 0.2) is 55.1 Å². The molecule has 4 heterocycles. The minimum Gasteiger partial charge on any atom is -0.385 e. The van der Waals surface area contributed by atoms with Gasteiger partial charge in [0, 0.05) is 35.7 Å². The lowest BCUT2D eigenvalue weighted by molar-refractivity contribution is 0.102. The van der Waals surface area contributed by atoms with Crippen LogP contribution in [0.25, 0.3) is 11.0 Å². The molecule has 4 N–H and O–H groups in total. The summed E-state index contributed by atoms with van der Waals surface area (Å²) < 4.78 is 0. The van der Waals surface area contributed by atoms with Crippen molar-refractivity contribution in [2.24, 2.45) is 0 Å². The van der Waals surface area contributed by atoms with Gasteiger partial charge in [0.1, 0.15) is 17.8 Å². The topological polar surface area (TPSA) is 108 Å². The van der Waals surface area contributed by atoms with E-state index >= 15 is 0 Å². The van der Waals surface area contributed by atoms with E-state index in [1.807, 2.05) is 24.4 Å². The Bertz CT molecular complexity index is 1290. The summed E-state index contributed by atoms with van der Waals surface area (Å²) in [7, 11) is 0. The summed E-state index contributed by atoms with van der Waals surface area (Å²) in [5, 5.41) is 10.6. The fraction of sp³-hybridized carbons (Fsp3) is 0.250. The Morgan fingerprint density at radius 1 is 1.16 bits per heavy atom. The van der Waals surface area contributed by atoms with E-state index in [-0.39, 0.29) is 11.3 Å². The number of hydrogen-bond donors (Lipinski definition) is 4. The molecule has 1 amide bonds. The Morgan fingerprint density at radius 2 is 2.06 bits per heavy atom. The lowest BCUT2D eigenvalue weighted by Gasteiger charge is -2.33. The first-order valence-corrected chi connectivity index (χ1v) is 10.7. The van der Waals surface area contributed by atoms with Crippen LogP contribution in [0, 0.1) is 0 Å². The monoisotopic (exact) mass is 427 g/mol. The number of nitrogens with one attached hydrogen (secondary N) is 4. The summed E-state index contributed by atoms with van der Waals surface area (Å²) in [5.41, 5.74) is 5.29. The lowest BCUT2D eigenvalue weighted by Crippen LogP contribution is -2.28. The van der Waals surface area contributed by atoms with Crippen molar-refractivity contribution in [1.82, 2.24) is 19.9 Å². The number of anilines is 3. The van der Waals surface area contributed by atoms with Crippen LogP contribution in [0.4, 0.5) is 17.2 Å². The maximum absolute atomic E-state index is 13.1. The second-order valence-electron chi connectivity index (χ2n) is 8.59. The lowest BCUT2D eigenvalue weighted by atomic mass is 9.78. The molecule has 8 heteroatoms. The highest BCUT2D eigenvalue weighted by atomic mass is 16.1. The van der Waals surface area contributed by atoms with E-state index in [1.165, 1.54) is 11.9 Å². The van der Waals surface area contributed by atoms with Crippen LogP contribution in [0.3, 0.4) is 0 Å². The summed E-state index contributed by atoms with van der Waals surface area (Å²) in [5.74, 6) is 0.287. The summed E-state index contributed by atoms with van der Waals surface area (Å²) in [6, 6.07) is 11.5. The SMILES string of the molecule is CC1(C)CCNc2cc(NC(=O)c3cccnc3NCc3ncnc4[nH]ccc34)ccc21. The number of benzene rings is 1. The highest BCUT2D eigenvalue weighted by Gasteiger charge is 2.27. The third kappa shape index (κ3) is 3.75. The molecule has 8 nitrogen and oxygen atoms in total. The van der Waals surface area contributed by atoms with E-state index in [9.17, 15) is 4.79 Å². The normalized spacial score (nSPS) is 14.4. The Kier molecular flexibility index (Phi) is 4.97. The quantitative estimate of drug-likeness (QED) is 0.378. The van der Waals surface area contributed by atoms with Gasteiger partial charge in [0.15, 0.2) is 0 Å². The van der Waals surface area contributed by atoms with Gasteiger partial charge in [-0.2, -0.15) is 0 Å². The predicted octanol–water partition coefficient (Wildman–Crippen LogP) is 4.31. The van der Waals surface area contributed by atoms with Crippen molar-refractivity contribution in [3.8, 4) is 0 Å². The summed E-state index contributed by atoms with van der Waals surface area (Å²) in [6.45, 7) is 5.84. The van der Waals surface area contributed by atoms with E-state index in [0.717, 1.165) is 41.1 Å². The van der Waals surface area contributed by atoms with Crippen LogP contribution < -0.4 is 16.0 Å². The van der Waals surface area contributed by atoms with Crippen molar-refractivity contribution in [3.05, 3.63) is 71.9 Å². The number of amides is 1. The Labute approximate surface area is 185 Å². The van der Waals surface area contributed by atoms with Gasteiger partial charge in [-0.15, -0.1) is 0 Å². The molecule has 0 unspecified atom stereocenters. The third-order valence-electron chi connectivity index (χ3n) is 5.98. The zero-order valence-electron chi connectivity index (χ0n) is 18.1. The van der Waals surface area contributed by atoms with E-state index in [2.05, 4.69) is 55.8 Å². The maximum atomic E-state index is 13.1. The molecule has 0 fully saturated rings. The number of fused-ring (bicyclic) bond motifs is 2. The van der Waals surface area contributed by atoms with Crippen LogP contribution in [-0.2, 0) is 12.0 Å². The van der Waals surface area contributed by atoms with Gasteiger partial charge in [-0.3, -0.25) is 4.79 Å². The number of hydrogen-bond acceptors (Lipinski definition) is 6. The summed E-state index contributed by atoms with van der Waals surface area (Å²) >= 11 is 0. The van der Waals surface area contributed by atoms with Gasteiger partial charge in [-0.1, -0.05) is 19.9 Å². The molecule has 4 aromatic rings. The zero-order chi connectivity index (χ0) is 22.1. The molecule has 1 aliphatic heterocycles. The second kappa shape index (κ2) is 7.96. The molecule has 1 aliphatic rings. The van der Waals surface area contributed by atoms with Crippen LogP contribution in [0.1, 0.15) is 41.9 Å². The Morgan fingerprint density at radius 3 is 2.97 bits per heavy atom. The van der Waals surface area contributed by atoms with Crippen LogP contribution in [-0.4, -0.2) is 32.4 Å². The molecule has 3 aromatic heterocycles. The number of rotatable bonds is 5. The predicted molar refractivity (Wildman–Crippen MR) is 126 cm³/mol. The summed E-state index contributed by atoms with van der Waals surface area (Å²) in [4.78, 5) is 29.1. The molecular formula is C24H25N7O. The first kappa shape index (κ1) is 20.0. The zero-order valence-corrected chi connectivity index (χ0v) is 18.1. The van der Waals surface area contributed by atoms with Crippen LogP contribution in [0.2, 0.25) is 0 Å². The molecular weight excluding hydrogens is 402 g/mol. The van der Waals surface area contributed by atoms with Crippen molar-refractivity contribution >= 4 is 34.1 Å². The fourth-order valence-electron chi connectivity index (χ4n) is 4.17. The van der Waals surface area contributed by atoms with Crippen molar-refractivity contribution in [3.63, 3.8) is 0 Å². The molecule has 162 valence electrons. The molecule has 0 atom stereocenters. The molecule has 0 radical (unpaired) electrons. The average Bonchev–Trinajstić information content (AvgIpc) is 3.27. The maximum Gasteiger partial charge on any atom is 0.259 e. The van der Waals surface area contributed by atoms with Gasteiger partial charge in [-0.05, 0) is 47.7 Å². The van der Waals surface area contributed by atoms with E-state index in [1.54, 1.807) is 18.3 Å². The number of H-pyrrole nitrogens is 1. The standard InChI is InChI=1S/C24H25N7O/c1-24(2)8-11-25-19-12-15(5-6-18(19)24)31-23(32)17-4-3-9-26-22(17)28-13-20-16-7-10-27-21(16)30-14-29-20/h3-7,9-10,12,14,25H,8,11,13H2,1-2H3,(H,26,28)(H,31,32)(H,27,29,30). The van der Waals surface area contributed by atoms with Gasteiger partial charge >= 0.3 is 0 Å². The van der Waals surface area contributed by atoms with Gasteiger partial charge in [0.25, 0.3) is 5.91 Å². The van der Waals surface area contributed by atoms with Crippen LogP contribution >= 0.6 is 0 Å². The van der Waals surface area contributed by atoms with Gasteiger partial charge in [-0.25, -0.2) is 15.0 Å². The molecule has 5 rings (SSSR count). The van der Waals surface area contributed by atoms with Crippen molar-refractivity contribution in [2.75, 3.05) is 22.5 Å². The minimum absolute atomic E-state index is 0.120. The van der Waals surface area contributed by atoms with Gasteiger partial charge in [0.2, 0.25) is 0 Å². The van der Waals surface area contributed by atoms with E-state index < -0.39 is 0 Å². The van der Waals surface area contributed by atoms with E-state index in [0.29, 0.717) is 17.9 Å². The first-order chi connectivity index (χ1) is 15.5. The first-order valence-electron chi connectivity index (χ1n) is 10.7. The van der Waals surface area contributed by atoms with Gasteiger partial charge in [0.05, 0.1) is 17.8 Å². The number of carbonyl (C=O) groups excluding carboxylic acids is 1. The van der Waals surface area contributed by atoms with Gasteiger partial charge < -0.3 is 20.9 Å². The van der Waals surface area contributed by atoms with Crippen molar-refractivity contribution in [2.45, 2.75) is 32.2 Å². The average molecular weight is 428 g/mol. The van der Waals surface area contributed by atoms with Crippen molar-refractivity contribution in [1.29, 1.82) is 0 Å². The smallest absolute Gasteiger partial charge is 0.259 e. The second-order valence-corrected chi connectivity index (χ2v) is 8.59. The number of carbonyl (C=O) groups is 1. The molecule has 1 aromatic carbocycles.